The highest BCUT2D eigenvalue weighted by atomic mass is 32.1. The van der Waals surface area contributed by atoms with E-state index in [9.17, 15) is 4.79 Å². The van der Waals surface area contributed by atoms with E-state index in [-0.39, 0.29) is 11.3 Å². The molecule has 1 N–H and O–H groups in total. The fraction of sp³-hybridized carbons (Fsp3) is 0.500. The van der Waals surface area contributed by atoms with Crippen molar-refractivity contribution in [1.29, 1.82) is 0 Å². The minimum absolute atomic E-state index is 0.00257. The number of amides is 1. The summed E-state index contributed by atoms with van der Waals surface area (Å²) >= 11 is 1.50. The van der Waals surface area contributed by atoms with Gasteiger partial charge >= 0.3 is 0 Å². The fourth-order valence-corrected chi connectivity index (χ4v) is 6.42. The molecule has 33 heavy (non-hydrogen) atoms. The van der Waals surface area contributed by atoms with E-state index in [0.717, 1.165) is 78.5 Å². The van der Waals surface area contributed by atoms with Crippen LogP contribution in [0.4, 0.5) is 5.82 Å². The van der Waals surface area contributed by atoms with Gasteiger partial charge in [-0.1, -0.05) is 30.3 Å². The van der Waals surface area contributed by atoms with Gasteiger partial charge in [0.2, 0.25) is 0 Å². The number of carbonyl (C=O) groups is 1. The molecule has 1 amide bonds. The zero-order valence-corrected chi connectivity index (χ0v) is 20.3. The van der Waals surface area contributed by atoms with Crippen LogP contribution in [0.3, 0.4) is 0 Å². The number of piperidine rings is 1. The van der Waals surface area contributed by atoms with Crippen LogP contribution in [-0.2, 0) is 10.2 Å². The Morgan fingerprint density at radius 3 is 2.76 bits per heavy atom. The molecule has 0 radical (unpaired) electrons. The van der Waals surface area contributed by atoms with Gasteiger partial charge in [0, 0.05) is 37.8 Å². The van der Waals surface area contributed by atoms with Crippen LogP contribution in [0.25, 0.3) is 10.2 Å². The van der Waals surface area contributed by atoms with Gasteiger partial charge < -0.3 is 15.0 Å². The number of benzene rings is 1. The summed E-state index contributed by atoms with van der Waals surface area (Å²) in [5.74, 6) is 0.958. The van der Waals surface area contributed by atoms with Crippen molar-refractivity contribution in [2.24, 2.45) is 0 Å². The number of nitrogens with zero attached hydrogens (tertiary/aromatic N) is 3. The molecule has 1 atom stereocenters. The molecule has 2 aromatic heterocycles. The van der Waals surface area contributed by atoms with Crippen LogP contribution in [-0.4, -0.2) is 53.1 Å². The number of carbonyl (C=O) groups excluding carboxylic acids is 1. The summed E-state index contributed by atoms with van der Waals surface area (Å²) in [4.78, 5) is 26.2. The van der Waals surface area contributed by atoms with Crippen LogP contribution >= 0.6 is 11.3 Å². The Kier molecular flexibility index (Phi) is 6.34. The predicted molar refractivity (Wildman–Crippen MR) is 133 cm³/mol. The average Bonchev–Trinajstić information content (AvgIpc) is 3.21. The molecule has 4 heterocycles. The molecule has 0 spiro atoms. The van der Waals surface area contributed by atoms with Crippen molar-refractivity contribution in [3.05, 3.63) is 52.7 Å². The summed E-state index contributed by atoms with van der Waals surface area (Å²) in [6, 6.07) is 11.0. The van der Waals surface area contributed by atoms with E-state index < -0.39 is 0 Å². The number of likely N-dealkylation sites (tertiary alicyclic amines) is 1. The van der Waals surface area contributed by atoms with E-state index in [4.69, 9.17) is 4.74 Å². The second-order valence-corrected chi connectivity index (χ2v) is 10.4. The summed E-state index contributed by atoms with van der Waals surface area (Å²) in [6.07, 6.45) is 6.90. The summed E-state index contributed by atoms with van der Waals surface area (Å²) in [6.45, 7) is 7.33. The van der Waals surface area contributed by atoms with E-state index in [1.807, 2.05) is 11.8 Å². The number of hydrogen-bond donors (Lipinski definition) is 1. The summed E-state index contributed by atoms with van der Waals surface area (Å²) in [5.41, 5.74) is 2.33. The number of aryl methyl sites for hydroxylation is 1. The molecule has 5 rings (SSSR count). The Balaban J connectivity index is 1.45. The van der Waals surface area contributed by atoms with Crippen molar-refractivity contribution in [3.63, 3.8) is 0 Å². The Hall–Kier alpha value is -2.51. The minimum Gasteiger partial charge on any atom is -0.381 e. The van der Waals surface area contributed by atoms with E-state index in [2.05, 4.69) is 52.5 Å². The number of nitrogens with one attached hydrogen (secondary N) is 1. The minimum atomic E-state index is 0.00257. The van der Waals surface area contributed by atoms with Gasteiger partial charge in [-0.15, -0.1) is 11.3 Å². The number of fused-ring (bicyclic) bond motifs is 1. The maximum Gasteiger partial charge on any atom is 0.264 e. The summed E-state index contributed by atoms with van der Waals surface area (Å²) in [7, 11) is 0. The Morgan fingerprint density at radius 1 is 1.21 bits per heavy atom. The van der Waals surface area contributed by atoms with Gasteiger partial charge in [-0.3, -0.25) is 4.79 Å². The van der Waals surface area contributed by atoms with Gasteiger partial charge in [-0.25, -0.2) is 9.97 Å². The molecule has 0 aliphatic carbocycles. The molecule has 2 aliphatic heterocycles. The average molecular weight is 465 g/mol. The number of hydrogen-bond acceptors (Lipinski definition) is 6. The van der Waals surface area contributed by atoms with Crippen molar-refractivity contribution in [2.75, 3.05) is 31.6 Å². The first-order chi connectivity index (χ1) is 16.1. The quantitative estimate of drug-likeness (QED) is 0.564. The van der Waals surface area contributed by atoms with Crippen LogP contribution in [0.2, 0.25) is 0 Å². The third kappa shape index (κ3) is 4.24. The lowest BCUT2D eigenvalue weighted by Gasteiger charge is -2.38. The second kappa shape index (κ2) is 9.39. The van der Waals surface area contributed by atoms with Gasteiger partial charge in [0.25, 0.3) is 5.91 Å². The zero-order chi connectivity index (χ0) is 22.8. The highest BCUT2D eigenvalue weighted by Gasteiger charge is 2.35. The fourth-order valence-electron chi connectivity index (χ4n) is 5.31. The molecular weight excluding hydrogens is 432 g/mol. The van der Waals surface area contributed by atoms with Crippen LogP contribution in [0.5, 0.6) is 0 Å². The van der Waals surface area contributed by atoms with Crippen molar-refractivity contribution in [1.82, 2.24) is 14.9 Å². The first-order valence-electron chi connectivity index (χ1n) is 12.0. The second-order valence-electron chi connectivity index (χ2n) is 9.41. The lowest BCUT2D eigenvalue weighted by Crippen LogP contribution is -2.41. The molecule has 2 saturated heterocycles. The number of aromatic nitrogens is 2. The summed E-state index contributed by atoms with van der Waals surface area (Å²) < 4.78 is 5.69. The molecular formula is C26H32N4O2S. The number of anilines is 1. The lowest BCUT2D eigenvalue weighted by atomic mass is 9.74. The maximum atomic E-state index is 13.4. The molecule has 6 nitrogen and oxygen atoms in total. The van der Waals surface area contributed by atoms with E-state index in [0.29, 0.717) is 6.04 Å². The van der Waals surface area contributed by atoms with Crippen LogP contribution in [0.1, 0.15) is 59.8 Å². The largest absolute Gasteiger partial charge is 0.381 e. The third-order valence-corrected chi connectivity index (χ3v) is 8.60. The first kappa shape index (κ1) is 22.3. The molecule has 0 bridgehead atoms. The van der Waals surface area contributed by atoms with E-state index in [1.54, 1.807) is 6.33 Å². The van der Waals surface area contributed by atoms with Gasteiger partial charge in [0.1, 0.15) is 17.0 Å². The highest BCUT2D eigenvalue weighted by molar-refractivity contribution is 7.20. The third-order valence-electron chi connectivity index (χ3n) is 7.42. The first-order valence-corrected chi connectivity index (χ1v) is 12.8. The van der Waals surface area contributed by atoms with Crippen molar-refractivity contribution in [3.8, 4) is 0 Å². The smallest absolute Gasteiger partial charge is 0.264 e. The van der Waals surface area contributed by atoms with Crippen LogP contribution in [0.15, 0.2) is 36.7 Å². The van der Waals surface area contributed by atoms with Gasteiger partial charge in [0.05, 0.1) is 10.3 Å². The highest BCUT2D eigenvalue weighted by Crippen LogP contribution is 2.38. The molecule has 2 aliphatic rings. The molecule has 2 fully saturated rings. The van der Waals surface area contributed by atoms with E-state index >= 15 is 0 Å². The molecule has 174 valence electrons. The molecule has 1 aromatic carbocycles. The van der Waals surface area contributed by atoms with Gasteiger partial charge in [0.15, 0.2) is 0 Å². The number of rotatable bonds is 5. The van der Waals surface area contributed by atoms with E-state index in [1.165, 1.54) is 23.3 Å². The standard InChI is InChI=1S/C26H32N4O2S/c1-18-8-6-7-13-30(18)25(31)22-19(2)21-23(28-17-29-24(21)33-22)27-16-26(11-14-32-15-12-26)20-9-4-3-5-10-20/h3-5,9-10,17-18H,6-8,11-16H2,1-2H3,(H,27,28,29)/t18-/m1/s1. The van der Waals surface area contributed by atoms with Crippen molar-refractivity contribution in [2.45, 2.75) is 57.4 Å². The van der Waals surface area contributed by atoms with Crippen LogP contribution in [0, 0.1) is 6.92 Å². The molecule has 7 heteroatoms. The maximum absolute atomic E-state index is 13.4. The Morgan fingerprint density at radius 2 is 2.00 bits per heavy atom. The number of ether oxygens (including phenoxy) is 1. The topological polar surface area (TPSA) is 67.4 Å². The summed E-state index contributed by atoms with van der Waals surface area (Å²) in [5, 5.41) is 4.63. The molecule has 0 saturated carbocycles. The Bertz CT molecular complexity index is 1120. The Labute approximate surface area is 199 Å². The van der Waals surface area contributed by atoms with Gasteiger partial charge in [-0.05, 0) is 57.1 Å². The predicted octanol–water partition coefficient (Wildman–Crippen LogP) is 5.17. The molecule has 0 unspecified atom stereocenters. The molecule has 3 aromatic rings. The normalized spacial score (nSPS) is 20.7. The zero-order valence-electron chi connectivity index (χ0n) is 19.5. The number of thiophene rings is 1. The van der Waals surface area contributed by atoms with Crippen molar-refractivity contribution >= 4 is 33.3 Å². The SMILES string of the molecule is Cc1c(C(=O)N2CCCC[C@H]2C)sc2ncnc(NCC3(c4ccccc4)CCOCC3)c12. The van der Waals surface area contributed by atoms with Gasteiger partial charge in [-0.2, -0.15) is 0 Å². The lowest BCUT2D eigenvalue weighted by molar-refractivity contribution is 0.0543. The monoisotopic (exact) mass is 464 g/mol. The van der Waals surface area contributed by atoms with Crippen molar-refractivity contribution < 1.29 is 9.53 Å². The van der Waals surface area contributed by atoms with Crippen LogP contribution < -0.4 is 5.32 Å².